The maximum absolute atomic E-state index is 12.3. The number of phenols is 1. The van der Waals surface area contributed by atoms with Gasteiger partial charge in [0.1, 0.15) is 12.3 Å². The third-order valence-corrected chi connectivity index (χ3v) is 5.70. The predicted molar refractivity (Wildman–Crippen MR) is 153 cm³/mol. The van der Waals surface area contributed by atoms with Crippen LogP contribution in [0.15, 0.2) is 54.7 Å². The van der Waals surface area contributed by atoms with Gasteiger partial charge in [-0.15, -0.1) is 5.10 Å². The normalized spacial score (nSPS) is 11.3. The standard InChI is InChI=1S/C30H35N3O9/c1-38-29-17-22(5-9-27(29)37)3-7-25(35)19-26(36)8-4-23-6-10-28(30(18-23)39-2)42-21-24-20-33(32-31-24)11-13-40-15-16-41-14-12-34/h3-10,17-18,20,34,37H,11-16,19,21H2,1-2H3. The zero-order valence-corrected chi connectivity index (χ0v) is 23.6. The third kappa shape index (κ3) is 10.8. The summed E-state index contributed by atoms with van der Waals surface area (Å²) in [7, 11) is 2.95. The number of benzene rings is 2. The van der Waals surface area contributed by atoms with Gasteiger partial charge in [-0.25, -0.2) is 4.68 Å². The number of aromatic nitrogens is 3. The largest absolute Gasteiger partial charge is 0.504 e. The molecule has 0 amide bonds. The molecule has 2 aromatic carbocycles. The topological polar surface area (TPSA) is 151 Å². The van der Waals surface area contributed by atoms with E-state index in [9.17, 15) is 14.7 Å². The fourth-order valence-corrected chi connectivity index (χ4v) is 3.58. The van der Waals surface area contributed by atoms with Gasteiger partial charge >= 0.3 is 0 Å². The quantitative estimate of drug-likeness (QED) is 0.122. The van der Waals surface area contributed by atoms with Crippen molar-refractivity contribution in [1.29, 1.82) is 0 Å². The highest BCUT2D eigenvalue weighted by Crippen LogP contribution is 2.29. The molecule has 1 heterocycles. The van der Waals surface area contributed by atoms with Crippen molar-refractivity contribution < 1.29 is 43.5 Å². The Labute approximate surface area is 243 Å². The van der Waals surface area contributed by atoms with Crippen LogP contribution < -0.4 is 14.2 Å². The Morgan fingerprint density at radius 3 is 2.17 bits per heavy atom. The molecular formula is C30H35N3O9. The van der Waals surface area contributed by atoms with E-state index in [0.717, 1.165) is 0 Å². The molecule has 1 aromatic heterocycles. The summed E-state index contributed by atoms with van der Waals surface area (Å²) in [6, 6.07) is 9.89. The second-order valence-electron chi connectivity index (χ2n) is 8.83. The van der Waals surface area contributed by atoms with Crippen molar-refractivity contribution in [3.8, 4) is 23.0 Å². The van der Waals surface area contributed by atoms with E-state index in [1.165, 1.54) is 32.4 Å². The summed E-state index contributed by atoms with van der Waals surface area (Å²) in [5.41, 5.74) is 1.98. The Kier molecular flexibility index (Phi) is 13.2. The molecule has 3 aromatic rings. The van der Waals surface area contributed by atoms with Crippen molar-refractivity contribution >= 4 is 23.7 Å². The molecule has 0 radical (unpaired) electrons. The lowest BCUT2D eigenvalue weighted by atomic mass is 10.1. The number of nitrogens with zero attached hydrogens (tertiary/aromatic N) is 3. The summed E-state index contributed by atoms with van der Waals surface area (Å²) in [5.74, 6) is 0.546. The van der Waals surface area contributed by atoms with Gasteiger partial charge in [0.25, 0.3) is 0 Å². The highest BCUT2D eigenvalue weighted by molar-refractivity contribution is 6.10. The summed E-state index contributed by atoms with van der Waals surface area (Å²) in [4.78, 5) is 24.5. The average Bonchev–Trinajstić information content (AvgIpc) is 3.45. The monoisotopic (exact) mass is 581 g/mol. The Hall–Kier alpha value is -4.52. The number of ether oxygens (including phenoxy) is 5. The molecule has 2 N–H and O–H groups in total. The van der Waals surface area contributed by atoms with Gasteiger partial charge in [-0.1, -0.05) is 29.5 Å². The van der Waals surface area contributed by atoms with Crippen LogP contribution in [-0.4, -0.2) is 84.0 Å². The van der Waals surface area contributed by atoms with Gasteiger partial charge in [-0.05, 0) is 47.5 Å². The fourth-order valence-electron chi connectivity index (χ4n) is 3.58. The molecule has 12 nitrogen and oxygen atoms in total. The molecule has 0 unspecified atom stereocenters. The van der Waals surface area contributed by atoms with Gasteiger partial charge in [0.05, 0.1) is 66.4 Å². The first-order valence-electron chi connectivity index (χ1n) is 13.2. The Morgan fingerprint density at radius 1 is 0.857 bits per heavy atom. The van der Waals surface area contributed by atoms with Gasteiger partial charge in [0.15, 0.2) is 34.6 Å². The number of methoxy groups -OCH3 is 2. The first-order chi connectivity index (χ1) is 20.4. The summed E-state index contributed by atoms with van der Waals surface area (Å²) >= 11 is 0. The van der Waals surface area contributed by atoms with Crippen LogP contribution in [0.1, 0.15) is 23.2 Å². The summed E-state index contributed by atoms with van der Waals surface area (Å²) in [5, 5.41) is 26.5. The van der Waals surface area contributed by atoms with E-state index >= 15 is 0 Å². The highest BCUT2D eigenvalue weighted by atomic mass is 16.5. The SMILES string of the molecule is COc1cc(C=CC(=O)CC(=O)C=Cc2ccc(OCc3cn(CCOCCOCCO)nn3)c(OC)c2)ccc1O. The highest BCUT2D eigenvalue weighted by Gasteiger charge is 2.09. The molecule has 0 saturated heterocycles. The zero-order chi connectivity index (χ0) is 30.2. The van der Waals surface area contributed by atoms with Gasteiger partial charge in [0, 0.05) is 0 Å². The van der Waals surface area contributed by atoms with Crippen LogP contribution in [0.5, 0.6) is 23.0 Å². The molecule has 0 aliphatic carbocycles. The van der Waals surface area contributed by atoms with Crippen LogP contribution in [0.3, 0.4) is 0 Å². The van der Waals surface area contributed by atoms with Crippen molar-refractivity contribution in [2.24, 2.45) is 0 Å². The predicted octanol–water partition coefficient (Wildman–Crippen LogP) is 2.86. The zero-order valence-electron chi connectivity index (χ0n) is 23.6. The molecule has 42 heavy (non-hydrogen) atoms. The number of phenolic OH excluding ortho intramolecular Hbond substituents is 1. The summed E-state index contributed by atoms with van der Waals surface area (Å²) in [6.45, 7) is 2.26. The molecular weight excluding hydrogens is 546 g/mol. The number of carbonyl (C=O) groups excluding carboxylic acids is 2. The second kappa shape index (κ2) is 17.3. The number of allylic oxidation sites excluding steroid dienone is 2. The number of ketones is 2. The van der Waals surface area contributed by atoms with Crippen LogP contribution in [-0.2, 0) is 32.2 Å². The molecule has 12 heteroatoms. The number of hydrogen-bond acceptors (Lipinski definition) is 11. The first-order valence-corrected chi connectivity index (χ1v) is 13.2. The van der Waals surface area contributed by atoms with E-state index in [-0.39, 0.29) is 37.0 Å². The molecule has 0 atom stereocenters. The molecule has 0 aliphatic rings. The van der Waals surface area contributed by atoms with Crippen LogP contribution in [0.4, 0.5) is 0 Å². The van der Waals surface area contributed by atoms with E-state index in [2.05, 4.69) is 10.3 Å². The molecule has 0 spiro atoms. The van der Waals surface area contributed by atoms with Crippen LogP contribution in [0, 0.1) is 0 Å². The van der Waals surface area contributed by atoms with Crippen molar-refractivity contribution in [2.45, 2.75) is 19.6 Å². The molecule has 0 saturated carbocycles. The minimum absolute atomic E-state index is 0.00143. The number of carbonyl (C=O) groups is 2. The van der Waals surface area contributed by atoms with Gasteiger partial charge in [-0.2, -0.15) is 0 Å². The van der Waals surface area contributed by atoms with Gasteiger partial charge < -0.3 is 33.9 Å². The average molecular weight is 582 g/mol. The maximum Gasteiger partial charge on any atom is 0.163 e. The van der Waals surface area contributed by atoms with E-state index in [0.29, 0.717) is 67.0 Å². The Morgan fingerprint density at radius 2 is 1.50 bits per heavy atom. The van der Waals surface area contributed by atoms with E-state index in [4.69, 9.17) is 28.8 Å². The van der Waals surface area contributed by atoms with Crippen LogP contribution in [0.2, 0.25) is 0 Å². The van der Waals surface area contributed by atoms with E-state index in [1.54, 1.807) is 53.4 Å². The van der Waals surface area contributed by atoms with Crippen molar-refractivity contribution in [3.63, 3.8) is 0 Å². The van der Waals surface area contributed by atoms with Crippen molar-refractivity contribution in [2.75, 3.05) is 47.3 Å². The fraction of sp³-hybridized carbons (Fsp3) is 0.333. The smallest absolute Gasteiger partial charge is 0.163 e. The molecule has 0 bridgehead atoms. The Balaban J connectivity index is 1.45. The van der Waals surface area contributed by atoms with Crippen LogP contribution in [0.25, 0.3) is 12.2 Å². The maximum atomic E-state index is 12.3. The lowest BCUT2D eigenvalue weighted by Crippen LogP contribution is -2.11. The van der Waals surface area contributed by atoms with E-state index < -0.39 is 0 Å². The molecule has 0 fully saturated rings. The number of aliphatic hydroxyl groups is 1. The minimum Gasteiger partial charge on any atom is -0.504 e. The first kappa shape index (κ1) is 32.0. The van der Waals surface area contributed by atoms with Crippen LogP contribution >= 0.6 is 0 Å². The van der Waals surface area contributed by atoms with Gasteiger partial charge in [0.2, 0.25) is 0 Å². The third-order valence-electron chi connectivity index (χ3n) is 5.70. The molecule has 224 valence electrons. The number of aliphatic hydroxyl groups excluding tert-OH is 1. The number of hydrogen-bond donors (Lipinski definition) is 2. The minimum atomic E-state index is -0.355. The summed E-state index contributed by atoms with van der Waals surface area (Å²) in [6.07, 6.45) is 7.29. The lowest BCUT2D eigenvalue weighted by molar-refractivity contribution is -0.121. The number of aromatic hydroxyl groups is 1. The summed E-state index contributed by atoms with van der Waals surface area (Å²) < 4.78 is 28.6. The van der Waals surface area contributed by atoms with Crippen molar-refractivity contribution in [3.05, 3.63) is 71.6 Å². The van der Waals surface area contributed by atoms with Gasteiger partial charge in [-0.3, -0.25) is 9.59 Å². The molecule has 3 rings (SSSR count). The second-order valence-corrected chi connectivity index (χ2v) is 8.83. The van der Waals surface area contributed by atoms with Crippen molar-refractivity contribution in [1.82, 2.24) is 15.0 Å². The molecule has 0 aliphatic heterocycles. The lowest BCUT2D eigenvalue weighted by Gasteiger charge is -2.10. The van der Waals surface area contributed by atoms with E-state index in [1.807, 2.05) is 0 Å². The number of rotatable bonds is 19. The Bertz CT molecular complexity index is 1370.